The highest BCUT2D eigenvalue weighted by Gasteiger charge is 2.09. The van der Waals surface area contributed by atoms with Crippen LogP contribution < -0.4 is 0 Å². The Kier molecular flexibility index (Phi) is 11.2. The SMILES string of the molecule is Fc1ccc(C(=Cc2ccc(/C=C\c3ccc4ccccc4c3/C=C\c3ccc(C=C(c4ccc(F)cc4)c4ccc(F)cc4)cc3)cc2)c2ccc(F)cc2)cc1. The molecule has 0 bridgehead atoms. The number of hydrogen-bond acceptors (Lipinski definition) is 0. The van der Waals surface area contributed by atoms with Crippen molar-refractivity contribution in [3.63, 3.8) is 0 Å². The molecule has 0 aromatic heterocycles. The molecule has 0 fully saturated rings. The van der Waals surface area contributed by atoms with Crippen LogP contribution in [0.3, 0.4) is 0 Å². The summed E-state index contributed by atoms with van der Waals surface area (Å²) < 4.78 is 55.0. The number of rotatable bonds is 10. The van der Waals surface area contributed by atoms with Gasteiger partial charge >= 0.3 is 0 Å². The van der Waals surface area contributed by atoms with E-state index in [2.05, 4.69) is 72.8 Å². The van der Waals surface area contributed by atoms with Crippen molar-refractivity contribution in [2.75, 3.05) is 0 Å². The van der Waals surface area contributed by atoms with Crippen LogP contribution in [0.25, 0.3) is 58.4 Å². The first-order valence-electron chi connectivity index (χ1n) is 18.9. The molecular formula is C54H36F4. The van der Waals surface area contributed by atoms with E-state index in [0.717, 1.165) is 77.6 Å². The smallest absolute Gasteiger partial charge is 0.123 e. The Morgan fingerprint density at radius 3 is 1.09 bits per heavy atom. The number of hydrogen-bond donors (Lipinski definition) is 0. The van der Waals surface area contributed by atoms with Crippen LogP contribution in [0.1, 0.15) is 55.6 Å². The lowest BCUT2D eigenvalue weighted by atomic mass is 9.95. The van der Waals surface area contributed by atoms with Crippen LogP contribution in [-0.4, -0.2) is 0 Å². The van der Waals surface area contributed by atoms with Gasteiger partial charge in [0.25, 0.3) is 0 Å². The van der Waals surface area contributed by atoms with Crippen molar-refractivity contribution in [3.05, 3.63) is 261 Å². The first-order valence-corrected chi connectivity index (χ1v) is 18.9. The van der Waals surface area contributed by atoms with Gasteiger partial charge in [0.2, 0.25) is 0 Å². The first kappa shape index (κ1) is 37.6. The maximum absolute atomic E-state index is 13.8. The molecule has 0 heterocycles. The first-order chi connectivity index (χ1) is 28.3. The van der Waals surface area contributed by atoms with Gasteiger partial charge in [0.1, 0.15) is 23.3 Å². The van der Waals surface area contributed by atoms with Crippen molar-refractivity contribution < 1.29 is 17.6 Å². The van der Waals surface area contributed by atoms with Gasteiger partial charge in [0, 0.05) is 0 Å². The molecule has 4 heteroatoms. The van der Waals surface area contributed by atoms with Gasteiger partial charge in [0.05, 0.1) is 0 Å². The van der Waals surface area contributed by atoms with E-state index in [9.17, 15) is 17.6 Å². The third-order valence-corrected chi connectivity index (χ3v) is 10.0. The van der Waals surface area contributed by atoms with Gasteiger partial charge in [-0.1, -0.05) is 158 Å². The molecule has 0 spiro atoms. The summed E-state index contributed by atoms with van der Waals surface area (Å²) in [5, 5.41) is 2.28. The second-order valence-corrected chi connectivity index (χ2v) is 13.9. The molecule has 0 radical (unpaired) electrons. The lowest BCUT2D eigenvalue weighted by molar-refractivity contribution is 0.627. The molecule has 8 aromatic rings. The molecule has 0 atom stereocenters. The molecule has 58 heavy (non-hydrogen) atoms. The Morgan fingerprint density at radius 2 is 0.672 bits per heavy atom. The van der Waals surface area contributed by atoms with E-state index in [0.29, 0.717) is 0 Å². The van der Waals surface area contributed by atoms with Crippen LogP contribution in [0, 0.1) is 23.3 Å². The van der Waals surface area contributed by atoms with Gasteiger partial charge < -0.3 is 0 Å². The average molecular weight is 761 g/mol. The van der Waals surface area contributed by atoms with E-state index in [-0.39, 0.29) is 23.3 Å². The predicted octanol–water partition coefficient (Wildman–Crippen LogP) is 14.9. The van der Waals surface area contributed by atoms with Gasteiger partial charge in [0.15, 0.2) is 0 Å². The molecule has 0 aliphatic rings. The Hall–Kier alpha value is -7.30. The summed E-state index contributed by atoms with van der Waals surface area (Å²) in [6.45, 7) is 0. The Bertz CT molecular complexity index is 2690. The normalized spacial score (nSPS) is 11.3. The van der Waals surface area contributed by atoms with Crippen LogP contribution in [0.15, 0.2) is 182 Å². The molecular weight excluding hydrogens is 725 g/mol. The van der Waals surface area contributed by atoms with Gasteiger partial charge in [-0.25, -0.2) is 17.6 Å². The molecule has 8 aromatic carbocycles. The second-order valence-electron chi connectivity index (χ2n) is 13.9. The fourth-order valence-corrected chi connectivity index (χ4v) is 6.93. The van der Waals surface area contributed by atoms with Crippen molar-refractivity contribution in [2.24, 2.45) is 0 Å². The molecule has 0 N–H and O–H groups in total. The minimum atomic E-state index is -0.315. The lowest BCUT2D eigenvalue weighted by Crippen LogP contribution is -1.90. The van der Waals surface area contributed by atoms with Crippen molar-refractivity contribution in [3.8, 4) is 0 Å². The van der Waals surface area contributed by atoms with Crippen molar-refractivity contribution in [2.45, 2.75) is 0 Å². The van der Waals surface area contributed by atoms with E-state index >= 15 is 0 Å². The van der Waals surface area contributed by atoms with Crippen LogP contribution in [0.4, 0.5) is 17.6 Å². The van der Waals surface area contributed by atoms with Crippen molar-refractivity contribution in [1.82, 2.24) is 0 Å². The van der Waals surface area contributed by atoms with Gasteiger partial charge in [-0.15, -0.1) is 0 Å². The third kappa shape index (κ3) is 9.04. The van der Waals surface area contributed by atoms with E-state index < -0.39 is 0 Å². The number of fused-ring (bicyclic) bond motifs is 1. The fraction of sp³-hybridized carbons (Fsp3) is 0. The lowest BCUT2D eigenvalue weighted by Gasteiger charge is -2.10. The second kappa shape index (κ2) is 17.2. The predicted molar refractivity (Wildman–Crippen MR) is 234 cm³/mol. The highest BCUT2D eigenvalue weighted by molar-refractivity contribution is 5.98. The number of benzene rings is 8. The van der Waals surface area contributed by atoms with Crippen LogP contribution in [0.5, 0.6) is 0 Å². The summed E-state index contributed by atoms with van der Waals surface area (Å²) in [5.74, 6) is -1.26. The topological polar surface area (TPSA) is 0 Å². The zero-order valence-corrected chi connectivity index (χ0v) is 31.3. The molecule has 0 aliphatic carbocycles. The maximum atomic E-state index is 13.8. The van der Waals surface area contributed by atoms with E-state index in [1.54, 1.807) is 48.5 Å². The largest absolute Gasteiger partial charge is 0.207 e. The Labute approximate surface area is 335 Å². The maximum Gasteiger partial charge on any atom is 0.123 e. The van der Waals surface area contributed by atoms with Gasteiger partial charge in [-0.05, 0) is 138 Å². The zero-order chi connectivity index (χ0) is 39.8. The summed E-state index contributed by atoms with van der Waals surface area (Å²) in [6, 6.07) is 54.2. The van der Waals surface area contributed by atoms with Crippen molar-refractivity contribution >= 4 is 58.4 Å². The minimum Gasteiger partial charge on any atom is -0.207 e. The van der Waals surface area contributed by atoms with E-state index in [4.69, 9.17) is 0 Å². The molecule has 0 saturated heterocycles. The summed E-state index contributed by atoms with van der Waals surface area (Å²) in [7, 11) is 0. The summed E-state index contributed by atoms with van der Waals surface area (Å²) >= 11 is 0. The molecule has 0 aliphatic heterocycles. The van der Waals surface area contributed by atoms with Crippen LogP contribution in [0.2, 0.25) is 0 Å². The summed E-state index contributed by atoms with van der Waals surface area (Å²) in [5.41, 5.74) is 11.2. The molecule has 0 nitrogen and oxygen atoms in total. The zero-order valence-electron chi connectivity index (χ0n) is 31.3. The third-order valence-electron chi connectivity index (χ3n) is 10.0. The van der Waals surface area contributed by atoms with E-state index in [1.807, 2.05) is 48.6 Å². The van der Waals surface area contributed by atoms with Gasteiger partial charge in [-0.2, -0.15) is 0 Å². The van der Waals surface area contributed by atoms with Crippen LogP contribution in [-0.2, 0) is 0 Å². The molecule has 0 unspecified atom stereocenters. The minimum absolute atomic E-state index is 0.315. The number of halogens is 4. The van der Waals surface area contributed by atoms with Gasteiger partial charge in [-0.3, -0.25) is 0 Å². The standard InChI is InChI=1S/C54H36F4/c55-47-26-18-43(19-27-47)53(44-20-28-48(56)29-21-44)35-39-9-5-37(6-10-39)13-15-42-17-16-41-3-1-2-4-51(41)52(42)34-14-38-7-11-40(12-8-38)36-54(45-22-30-49(57)31-23-45)46-24-32-50(58)33-25-46/h1-36H/b15-13-,34-14-. The molecule has 8 rings (SSSR count). The monoisotopic (exact) mass is 760 g/mol. The molecule has 0 saturated carbocycles. The highest BCUT2D eigenvalue weighted by atomic mass is 19.1. The van der Waals surface area contributed by atoms with E-state index in [1.165, 1.54) is 48.5 Å². The quantitative estimate of drug-likeness (QED) is 0.0962. The summed E-state index contributed by atoms with van der Waals surface area (Å²) in [4.78, 5) is 0. The fourth-order valence-electron chi connectivity index (χ4n) is 6.93. The Morgan fingerprint density at radius 1 is 0.310 bits per heavy atom. The Balaban J connectivity index is 1.06. The van der Waals surface area contributed by atoms with Crippen molar-refractivity contribution in [1.29, 1.82) is 0 Å². The molecule has 0 amide bonds. The highest BCUT2D eigenvalue weighted by Crippen LogP contribution is 2.30. The van der Waals surface area contributed by atoms with Crippen LogP contribution >= 0.6 is 0 Å². The summed E-state index contributed by atoms with van der Waals surface area (Å²) in [6.07, 6.45) is 12.5. The average Bonchev–Trinajstić information content (AvgIpc) is 3.25. The molecule has 280 valence electrons.